The van der Waals surface area contributed by atoms with Crippen LogP contribution in [0.3, 0.4) is 0 Å². The van der Waals surface area contributed by atoms with Gasteiger partial charge in [0.2, 0.25) is 6.41 Å². The molecule has 1 heterocycles. The molecule has 2 atom stereocenters. The molecule has 2 rings (SSSR count). The first-order chi connectivity index (χ1) is 10.3. The van der Waals surface area contributed by atoms with Gasteiger partial charge in [0.25, 0.3) is 0 Å². The normalized spacial score (nSPS) is 22.9. The Balaban J connectivity index is 2.20. The molecule has 0 bridgehead atoms. The van der Waals surface area contributed by atoms with Crippen molar-refractivity contribution >= 4 is 6.41 Å². The lowest BCUT2D eigenvalue weighted by Crippen LogP contribution is -2.47. The summed E-state index contributed by atoms with van der Waals surface area (Å²) in [7, 11) is 0. The number of nitrogens with zero attached hydrogens (tertiary/aromatic N) is 1. The number of alkyl halides is 3. The number of hydrogen-bond acceptors (Lipinski definition) is 2. The number of carbonyl (C=O) groups excluding carboxylic acids is 1. The van der Waals surface area contributed by atoms with Crippen molar-refractivity contribution in [2.75, 3.05) is 13.2 Å². The number of ether oxygens (including phenoxy) is 1. The Morgan fingerprint density at radius 3 is 2.41 bits per heavy atom. The second-order valence-electron chi connectivity index (χ2n) is 6.01. The van der Waals surface area contributed by atoms with E-state index >= 15 is 0 Å². The molecule has 1 fully saturated rings. The predicted octanol–water partition coefficient (Wildman–Crippen LogP) is 3.65. The van der Waals surface area contributed by atoms with Gasteiger partial charge in [0.1, 0.15) is 0 Å². The Morgan fingerprint density at radius 1 is 1.27 bits per heavy atom. The summed E-state index contributed by atoms with van der Waals surface area (Å²) in [5.41, 5.74) is -0.0297. The molecular weight excluding hydrogens is 295 g/mol. The van der Waals surface area contributed by atoms with Crippen molar-refractivity contribution in [1.82, 2.24) is 4.90 Å². The molecule has 1 aromatic rings. The molecule has 1 aromatic carbocycles. The van der Waals surface area contributed by atoms with E-state index < -0.39 is 11.7 Å². The molecule has 1 amide bonds. The topological polar surface area (TPSA) is 29.5 Å². The van der Waals surface area contributed by atoms with E-state index in [1.807, 2.05) is 0 Å². The van der Waals surface area contributed by atoms with E-state index in [1.54, 1.807) is 4.90 Å². The summed E-state index contributed by atoms with van der Waals surface area (Å²) in [6, 6.07) is 4.56. The van der Waals surface area contributed by atoms with E-state index in [2.05, 4.69) is 13.8 Å². The molecule has 1 aliphatic heterocycles. The number of morpholine rings is 1. The van der Waals surface area contributed by atoms with Crippen LogP contribution in [0.5, 0.6) is 0 Å². The molecule has 122 valence electrons. The standard InChI is InChI=1S/C16H20F3NO2/c1-11(2)7-14-8-22-9-15(20(14)10-21)12-3-5-13(6-4-12)16(17,18)19/h3-6,10-11,14-15H,7-9H2,1-2H3/t14-,15-/m1/s1. The first kappa shape index (κ1) is 16.8. The first-order valence-corrected chi connectivity index (χ1v) is 7.30. The van der Waals surface area contributed by atoms with Crippen LogP contribution in [0.1, 0.15) is 37.4 Å². The molecule has 1 aliphatic rings. The van der Waals surface area contributed by atoms with Crippen molar-refractivity contribution in [3.05, 3.63) is 35.4 Å². The SMILES string of the molecule is CC(C)C[C@@H]1COC[C@H](c2ccc(C(F)(F)F)cc2)N1C=O. The van der Waals surface area contributed by atoms with E-state index in [4.69, 9.17) is 4.74 Å². The average Bonchev–Trinajstić information content (AvgIpc) is 2.45. The zero-order valence-electron chi connectivity index (χ0n) is 12.6. The van der Waals surface area contributed by atoms with E-state index in [-0.39, 0.29) is 12.1 Å². The highest BCUT2D eigenvalue weighted by Gasteiger charge is 2.33. The number of halogens is 3. The van der Waals surface area contributed by atoms with E-state index in [1.165, 1.54) is 12.1 Å². The third-order valence-corrected chi connectivity index (χ3v) is 3.86. The van der Waals surface area contributed by atoms with Crippen LogP contribution in [0.4, 0.5) is 13.2 Å². The molecule has 0 unspecified atom stereocenters. The van der Waals surface area contributed by atoms with Crippen molar-refractivity contribution in [1.29, 1.82) is 0 Å². The highest BCUT2D eigenvalue weighted by molar-refractivity contribution is 5.50. The lowest BCUT2D eigenvalue weighted by molar-refractivity contribution is -0.138. The predicted molar refractivity (Wildman–Crippen MR) is 76.2 cm³/mol. The minimum atomic E-state index is -4.36. The quantitative estimate of drug-likeness (QED) is 0.794. The smallest absolute Gasteiger partial charge is 0.377 e. The number of benzene rings is 1. The van der Waals surface area contributed by atoms with Gasteiger partial charge >= 0.3 is 6.18 Å². The fraction of sp³-hybridized carbons (Fsp3) is 0.562. The molecule has 0 N–H and O–H groups in total. The van der Waals surface area contributed by atoms with Gasteiger partial charge in [-0.15, -0.1) is 0 Å². The van der Waals surface area contributed by atoms with Crippen LogP contribution >= 0.6 is 0 Å². The Hall–Kier alpha value is -1.56. The van der Waals surface area contributed by atoms with Gasteiger partial charge in [-0.05, 0) is 30.0 Å². The van der Waals surface area contributed by atoms with Gasteiger partial charge in [-0.25, -0.2) is 0 Å². The van der Waals surface area contributed by atoms with Crippen LogP contribution in [0.15, 0.2) is 24.3 Å². The summed E-state index contributed by atoms with van der Waals surface area (Å²) >= 11 is 0. The molecule has 0 saturated carbocycles. The number of amides is 1. The van der Waals surface area contributed by atoms with Gasteiger partial charge in [-0.2, -0.15) is 13.2 Å². The van der Waals surface area contributed by atoms with Crippen molar-refractivity contribution in [3.8, 4) is 0 Å². The highest BCUT2D eigenvalue weighted by Crippen LogP contribution is 2.32. The van der Waals surface area contributed by atoms with Gasteiger partial charge in [0.15, 0.2) is 0 Å². The van der Waals surface area contributed by atoms with Gasteiger partial charge in [0.05, 0.1) is 30.9 Å². The zero-order valence-corrected chi connectivity index (χ0v) is 12.6. The van der Waals surface area contributed by atoms with Crippen LogP contribution in [-0.2, 0) is 15.7 Å². The second kappa shape index (κ2) is 6.69. The largest absolute Gasteiger partial charge is 0.416 e. The molecule has 0 aliphatic carbocycles. The molecule has 0 aromatic heterocycles. The number of rotatable bonds is 4. The van der Waals surface area contributed by atoms with Crippen LogP contribution in [0, 0.1) is 5.92 Å². The Labute approximate surface area is 128 Å². The fourth-order valence-corrected chi connectivity index (χ4v) is 2.80. The third-order valence-electron chi connectivity index (χ3n) is 3.86. The van der Waals surface area contributed by atoms with Crippen molar-refractivity contribution in [3.63, 3.8) is 0 Å². The maximum Gasteiger partial charge on any atom is 0.416 e. The molecule has 0 radical (unpaired) electrons. The van der Waals surface area contributed by atoms with E-state index in [0.29, 0.717) is 24.7 Å². The molecular formula is C16H20F3NO2. The van der Waals surface area contributed by atoms with Crippen LogP contribution in [0.2, 0.25) is 0 Å². The number of carbonyl (C=O) groups is 1. The Kier molecular flexibility index (Phi) is 5.11. The van der Waals surface area contributed by atoms with E-state index in [9.17, 15) is 18.0 Å². The van der Waals surface area contributed by atoms with Gasteiger partial charge in [-0.1, -0.05) is 26.0 Å². The summed E-state index contributed by atoms with van der Waals surface area (Å²) in [5.74, 6) is 0.405. The van der Waals surface area contributed by atoms with E-state index in [0.717, 1.165) is 25.0 Å². The summed E-state index contributed by atoms with van der Waals surface area (Å²) in [4.78, 5) is 13.1. The molecule has 6 heteroatoms. The highest BCUT2D eigenvalue weighted by atomic mass is 19.4. The summed E-state index contributed by atoms with van der Waals surface area (Å²) in [6.45, 7) is 4.89. The maximum absolute atomic E-state index is 12.6. The summed E-state index contributed by atoms with van der Waals surface area (Å²) in [5, 5.41) is 0. The summed E-state index contributed by atoms with van der Waals surface area (Å²) in [6.07, 6.45) is -2.78. The van der Waals surface area contributed by atoms with Gasteiger partial charge < -0.3 is 9.64 Å². The van der Waals surface area contributed by atoms with Crippen LogP contribution < -0.4 is 0 Å². The van der Waals surface area contributed by atoms with Crippen molar-refractivity contribution < 1.29 is 22.7 Å². The minimum absolute atomic E-state index is 0.0430. The lowest BCUT2D eigenvalue weighted by atomic mass is 9.97. The average molecular weight is 315 g/mol. The van der Waals surface area contributed by atoms with Crippen molar-refractivity contribution in [2.24, 2.45) is 5.92 Å². The lowest BCUT2D eigenvalue weighted by Gasteiger charge is -2.40. The fourth-order valence-electron chi connectivity index (χ4n) is 2.80. The molecule has 22 heavy (non-hydrogen) atoms. The Bertz CT molecular complexity index is 499. The van der Waals surface area contributed by atoms with Crippen LogP contribution in [0.25, 0.3) is 0 Å². The molecule has 0 spiro atoms. The zero-order chi connectivity index (χ0) is 16.3. The molecule has 1 saturated heterocycles. The molecule has 3 nitrogen and oxygen atoms in total. The van der Waals surface area contributed by atoms with Gasteiger partial charge in [0, 0.05) is 0 Å². The number of hydrogen-bond donors (Lipinski definition) is 0. The first-order valence-electron chi connectivity index (χ1n) is 7.30. The maximum atomic E-state index is 12.6. The Morgan fingerprint density at radius 2 is 1.91 bits per heavy atom. The third kappa shape index (κ3) is 3.80. The minimum Gasteiger partial charge on any atom is -0.377 e. The van der Waals surface area contributed by atoms with Crippen LogP contribution in [-0.4, -0.2) is 30.6 Å². The monoisotopic (exact) mass is 315 g/mol. The second-order valence-corrected chi connectivity index (χ2v) is 6.01. The van der Waals surface area contributed by atoms with Crippen molar-refractivity contribution in [2.45, 2.75) is 38.5 Å². The van der Waals surface area contributed by atoms with Gasteiger partial charge in [-0.3, -0.25) is 4.79 Å². The summed E-state index contributed by atoms with van der Waals surface area (Å²) < 4.78 is 43.4.